The van der Waals surface area contributed by atoms with Gasteiger partial charge in [0.15, 0.2) is 17.2 Å². The molecule has 0 radical (unpaired) electrons. The maximum absolute atomic E-state index is 12.4. The molecule has 3 aromatic rings. The molecule has 1 aromatic heterocycles. The quantitative estimate of drug-likeness (QED) is 0.500. The smallest absolute Gasteiger partial charge is 0.273 e. The van der Waals surface area contributed by atoms with Crippen molar-refractivity contribution < 1.29 is 18.7 Å². The Labute approximate surface area is 192 Å². The van der Waals surface area contributed by atoms with E-state index in [2.05, 4.69) is 15.2 Å². The van der Waals surface area contributed by atoms with Gasteiger partial charge in [0.2, 0.25) is 12.7 Å². The maximum Gasteiger partial charge on any atom is 0.273 e. The molecule has 8 heteroatoms. The number of benzene rings is 2. The Balaban J connectivity index is 1.51. The van der Waals surface area contributed by atoms with Crippen LogP contribution in [0.3, 0.4) is 0 Å². The zero-order chi connectivity index (χ0) is 22.5. The Bertz CT molecular complexity index is 1080. The Kier molecular flexibility index (Phi) is 6.97. The number of hydrogen-bond acceptors (Lipinski definition) is 6. The van der Waals surface area contributed by atoms with Crippen molar-refractivity contribution in [3.8, 4) is 11.5 Å². The molecule has 4 rings (SSSR count). The van der Waals surface area contributed by atoms with Gasteiger partial charge in [0.25, 0.3) is 5.91 Å². The summed E-state index contributed by atoms with van der Waals surface area (Å²) in [6.45, 7) is 5.82. The van der Waals surface area contributed by atoms with Gasteiger partial charge in [0.1, 0.15) is 6.26 Å². The summed E-state index contributed by atoms with van der Waals surface area (Å²) < 4.78 is 16.5. The Hall–Kier alpha value is -3.03. The molecular weight excluding hydrogens is 430 g/mol. The van der Waals surface area contributed by atoms with E-state index in [9.17, 15) is 4.79 Å². The fourth-order valence-electron chi connectivity index (χ4n) is 3.41. The van der Waals surface area contributed by atoms with Gasteiger partial charge in [-0.1, -0.05) is 42.8 Å². The average molecular weight is 456 g/mol. The number of rotatable bonds is 9. The summed E-state index contributed by atoms with van der Waals surface area (Å²) in [5.41, 5.74) is 2.33. The highest BCUT2D eigenvalue weighted by atomic mass is 35.5. The second kappa shape index (κ2) is 10.1. The van der Waals surface area contributed by atoms with Gasteiger partial charge in [-0.2, -0.15) is 0 Å². The molecule has 1 atom stereocenters. The second-order valence-corrected chi connectivity index (χ2v) is 8.24. The van der Waals surface area contributed by atoms with Gasteiger partial charge >= 0.3 is 0 Å². The molecule has 0 saturated carbocycles. The summed E-state index contributed by atoms with van der Waals surface area (Å²) in [6, 6.07) is 13.7. The molecule has 7 nitrogen and oxygen atoms in total. The largest absolute Gasteiger partial charge is 0.454 e. The number of hydrogen-bond donors (Lipinski definition) is 1. The zero-order valence-corrected chi connectivity index (χ0v) is 18.9. The van der Waals surface area contributed by atoms with Crippen molar-refractivity contribution in [2.24, 2.45) is 0 Å². The van der Waals surface area contributed by atoms with Crippen LogP contribution < -0.4 is 14.8 Å². The first-order valence-electron chi connectivity index (χ1n) is 10.6. The van der Waals surface area contributed by atoms with E-state index < -0.39 is 0 Å². The third-order valence-corrected chi connectivity index (χ3v) is 5.70. The minimum atomic E-state index is -0.234. The summed E-state index contributed by atoms with van der Waals surface area (Å²) in [5, 5.41) is 3.60. The third-order valence-electron chi connectivity index (χ3n) is 5.33. The summed E-state index contributed by atoms with van der Waals surface area (Å²) >= 11 is 6.40. The van der Waals surface area contributed by atoms with Gasteiger partial charge < -0.3 is 19.2 Å². The fourth-order valence-corrected chi connectivity index (χ4v) is 3.61. The molecule has 0 spiro atoms. The van der Waals surface area contributed by atoms with Crippen LogP contribution in [0.5, 0.6) is 11.5 Å². The van der Waals surface area contributed by atoms with Crippen molar-refractivity contribution in [3.05, 3.63) is 76.5 Å². The SMILES string of the molecule is CC[C@H](C)NC(=O)c1coc(CN(Cc2ccc3c(c2)OCO3)Cc2ccccc2Cl)n1. The first-order valence-corrected chi connectivity index (χ1v) is 11.0. The monoisotopic (exact) mass is 455 g/mol. The molecule has 32 heavy (non-hydrogen) atoms. The molecule has 2 aromatic carbocycles. The first-order chi connectivity index (χ1) is 15.5. The summed E-state index contributed by atoms with van der Waals surface area (Å²) in [5.74, 6) is 1.71. The van der Waals surface area contributed by atoms with Crippen molar-refractivity contribution >= 4 is 17.5 Å². The Morgan fingerprint density at radius 3 is 2.78 bits per heavy atom. The number of carbonyl (C=O) groups excluding carboxylic acids is 1. The highest BCUT2D eigenvalue weighted by molar-refractivity contribution is 6.31. The molecule has 1 N–H and O–H groups in total. The van der Waals surface area contributed by atoms with Crippen LogP contribution in [-0.2, 0) is 19.6 Å². The molecule has 1 aliphatic heterocycles. The van der Waals surface area contributed by atoms with E-state index in [1.807, 2.05) is 56.3 Å². The zero-order valence-electron chi connectivity index (χ0n) is 18.1. The molecule has 0 bridgehead atoms. The van der Waals surface area contributed by atoms with Crippen molar-refractivity contribution in [1.29, 1.82) is 0 Å². The molecule has 1 aliphatic rings. The van der Waals surface area contributed by atoms with Gasteiger partial charge in [-0.25, -0.2) is 4.98 Å². The number of aromatic nitrogens is 1. The summed E-state index contributed by atoms with van der Waals surface area (Å²) in [6.07, 6.45) is 2.25. The maximum atomic E-state index is 12.4. The lowest BCUT2D eigenvalue weighted by atomic mass is 10.1. The second-order valence-electron chi connectivity index (χ2n) is 7.83. The lowest BCUT2D eigenvalue weighted by molar-refractivity contribution is 0.0934. The number of nitrogens with one attached hydrogen (secondary N) is 1. The highest BCUT2D eigenvalue weighted by Gasteiger charge is 2.19. The Morgan fingerprint density at radius 2 is 1.97 bits per heavy atom. The van der Waals surface area contributed by atoms with Crippen molar-refractivity contribution in [2.75, 3.05) is 6.79 Å². The van der Waals surface area contributed by atoms with E-state index in [1.165, 1.54) is 6.26 Å². The van der Waals surface area contributed by atoms with Crippen LogP contribution in [-0.4, -0.2) is 28.6 Å². The van der Waals surface area contributed by atoms with Crippen LogP contribution in [0.2, 0.25) is 5.02 Å². The molecule has 0 saturated heterocycles. The molecule has 168 valence electrons. The van der Waals surface area contributed by atoms with E-state index in [1.54, 1.807) is 0 Å². The normalized spacial score (nSPS) is 13.4. The summed E-state index contributed by atoms with van der Waals surface area (Å²) in [4.78, 5) is 18.9. The number of nitrogens with zero attached hydrogens (tertiary/aromatic N) is 2. The number of carbonyl (C=O) groups is 1. The number of fused-ring (bicyclic) bond motifs is 1. The van der Waals surface area contributed by atoms with Gasteiger partial charge in [-0.05, 0) is 42.7 Å². The number of amides is 1. The van der Waals surface area contributed by atoms with Crippen molar-refractivity contribution in [2.45, 2.75) is 45.9 Å². The number of halogens is 1. The molecular formula is C24H26ClN3O4. The van der Waals surface area contributed by atoms with Crippen LogP contribution in [0, 0.1) is 0 Å². The molecule has 0 unspecified atom stereocenters. The first kappa shape index (κ1) is 22.2. The number of oxazole rings is 1. The van der Waals surface area contributed by atoms with E-state index in [-0.39, 0.29) is 24.4 Å². The van der Waals surface area contributed by atoms with E-state index in [0.29, 0.717) is 30.5 Å². The lowest BCUT2D eigenvalue weighted by Crippen LogP contribution is -2.32. The molecule has 0 aliphatic carbocycles. The molecule has 2 heterocycles. The third kappa shape index (κ3) is 5.41. The van der Waals surface area contributed by atoms with E-state index in [4.69, 9.17) is 25.5 Å². The predicted molar refractivity (Wildman–Crippen MR) is 121 cm³/mol. The minimum Gasteiger partial charge on any atom is -0.454 e. The van der Waals surface area contributed by atoms with Gasteiger partial charge in [0, 0.05) is 24.2 Å². The minimum absolute atomic E-state index is 0.0744. The van der Waals surface area contributed by atoms with E-state index in [0.717, 1.165) is 29.0 Å². The predicted octanol–water partition coefficient (Wildman–Crippen LogP) is 4.79. The Morgan fingerprint density at radius 1 is 1.16 bits per heavy atom. The topological polar surface area (TPSA) is 76.8 Å². The van der Waals surface area contributed by atoms with Crippen LogP contribution >= 0.6 is 11.6 Å². The molecule has 1 amide bonds. The van der Waals surface area contributed by atoms with Crippen molar-refractivity contribution in [3.63, 3.8) is 0 Å². The average Bonchev–Trinajstić information content (AvgIpc) is 3.44. The number of ether oxygens (including phenoxy) is 2. The summed E-state index contributed by atoms with van der Waals surface area (Å²) in [7, 11) is 0. The van der Waals surface area contributed by atoms with E-state index >= 15 is 0 Å². The van der Waals surface area contributed by atoms with Crippen molar-refractivity contribution in [1.82, 2.24) is 15.2 Å². The van der Waals surface area contributed by atoms with Crippen LogP contribution in [0.4, 0.5) is 0 Å². The molecule has 0 fully saturated rings. The standard InChI is InChI=1S/C24H26ClN3O4/c1-3-16(2)26-24(29)20-14-30-23(27-20)13-28(12-18-6-4-5-7-19(18)25)11-17-8-9-21-22(10-17)32-15-31-21/h4-10,14,16H,3,11-13,15H2,1-2H3,(H,26,29)/t16-/m0/s1. The van der Waals surface area contributed by atoms with Crippen LogP contribution in [0.15, 0.2) is 53.1 Å². The lowest BCUT2D eigenvalue weighted by Gasteiger charge is -2.22. The highest BCUT2D eigenvalue weighted by Crippen LogP contribution is 2.33. The van der Waals surface area contributed by atoms with Crippen LogP contribution in [0.25, 0.3) is 0 Å². The van der Waals surface area contributed by atoms with Gasteiger partial charge in [0.05, 0.1) is 6.54 Å². The van der Waals surface area contributed by atoms with Crippen LogP contribution in [0.1, 0.15) is 47.8 Å². The van der Waals surface area contributed by atoms with Gasteiger partial charge in [-0.15, -0.1) is 0 Å². The fraction of sp³-hybridized carbons (Fsp3) is 0.333. The van der Waals surface area contributed by atoms with Gasteiger partial charge in [-0.3, -0.25) is 9.69 Å².